The van der Waals surface area contributed by atoms with Crippen molar-refractivity contribution in [1.29, 1.82) is 0 Å². The van der Waals surface area contributed by atoms with Crippen molar-refractivity contribution in [3.63, 3.8) is 0 Å². The number of fused-ring (bicyclic) bond motifs is 2. The number of hydrogen-bond donors (Lipinski definition) is 2. The van der Waals surface area contributed by atoms with Crippen LogP contribution in [0.3, 0.4) is 0 Å². The normalized spacial score (nSPS) is 19.2. The van der Waals surface area contributed by atoms with E-state index >= 15 is 0 Å². The lowest BCUT2D eigenvalue weighted by Gasteiger charge is -2.22. The van der Waals surface area contributed by atoms with Crippen molar-refractivity contribution in [3.05, 3.63) is 67.7 Å². The minimum Gasteiger partial charge on any atom is -0.492 e. The van der Waals surface area contributed by atoms with Crippen LogP contribution in [0.4, 0.5) is 0 Å². The molecule has 0 saturated heterocycles. The number of rotatable bonds is 1. The number of halogens is 2. The van der Waals surface area contributed by atoms with E-state index in [0.29, 0.717) is 28.8 Å². The Kier molecular flexibility index (Phi) is 8.32. The molecule has 2 aromatic rings. The second-order valence-electron chi connectivity index (χ2n) is 6.23. The van der Waals surface area contributed by atoms with Crippen molar-refractivity contribution < 1.29 is 19.5 Å². The molecule has 9 heteroatoms. The SMILES string of the molecule is CO.NC1COc2cc(Cl)ccc2C1.O=[N+]([O-])C1COc2cc(Cl)ccc2C1. The third-order valence-corrected chi connectivity index (χ3v) is 4.65. The number of nitro groups is 1. The van der Waals surface area contributed by atoms with Crippen LogP contribution in [0.2, 0.25) is 10.0 Å². The van der Waals surface area contributed by atoms with E-state index in [0.717, 1.165) is 30.4 Å². The molecule has 2 unspecified atom stereocenters. The molecule has 0 bridgehead atoms. The van der Waals surface area contributed by atoms with Gasteiger partial charge < -0.3 is 20.3 Å². The van der Waals surface area contributed by atoms with Crippen LogP contribution in [0.25, 0.3) is 0 Å². The van der Waals surface area contributed by atoms with E-state index in [4.69, 9.17) is 43.5 Å². The Bertz CT molecular complexity index is 819. The van der Waals surface area contributed by atoms with E-state index in [1.54, 1.807) is 18.2 Å². The van der Waals surface area contributed by atoms with Crippen LogP contribution in [0.1, 0.15) is 11.1 Å². The number of nitrogens with zero attached hydrogens (tertiary/aromatic N) is 1. The minimum atomic E-state index is -0.635. The lowest BCUT2D eigenvalue weighted by molar-refractivity contribution is -0.525. The first-order chi connectivity index (χ1) is 13.4. The van der Waals surface area contributed by atoms with Gasteiger partial charge in [-0.25, -0.2) is 0 Å². The molecule has 0 aromatic heterocycles. The fourth-order valence-corrected chi connectivity index (χ4v) is 3.16. The Balaban J connectivity index is 0.000000186. The van der Waals surface area contributed by atoms with Crippen molar-refractivity contribution in [2.24, 2.45) is 5.73 Å². The van der Waals surface area contributed by atoms with E-state index in [-0.39, 0.29) is 17.6 Å². The summed E-state index contributed by atoms with van der Waals surface area (Å²) in [6.07, 6.45) is 1.30. The van der Waals surface area contributed by atoms with Crippen molar-refractivity contribution in [2.75, 3.05) is 20.3 Å². The maximum atomic E-state index is 10.5. The highest BCUT2D eigenvalue weighted by atomic mass is 35.5. The molecule has 152 valence electrons. The molecule has 0 spiro atoms. The highest BCUT2D eigenvalue weighted by Crippen LogP contribution is 2.29. The van der Waals surface area contributed by atoms with E-state index in [1.807, 2.05) is 18.2 Å². The van der Waals surface area contributed by atoms with Crippen LogP contribution in [0.5, 0.6) is 11.5 Å². The summed E-state index contributed by atoms with van der Waals surface area (Å²) in [5.41, 5.74) is 7.73. The molecule has 7 nitrogen and oxygen atoms in total. The quantitative estimate of drug-likeness (QED) is 0.533. The monoisotopic (exact) mass is 428 g/mol. The summed E-state index contributed by atoms with van der Waals surface area (Å²) in [6.45, 7) is 0.716. The molecular formula is C19H22Cl2N2O5. The number of benzene rings is 2. The summed E-state index contributed by atoms with van der Waals surface area (Å²) < 4.78 is 10.7. The highest BCUT2D eigenvalue weighted by Gasteiger charge is 2.28. The summed E-state index contributed by atoms with van der Waals surface area (Å²) in [6, 6.07) is 10.3. The Morgan fingerprint density at radius 2 is 1.50 bits per heavy atom. The number of aliphatic hydroxyl groups is 1. The van der Waals surface area contributed by atoms with Gasteiger partial charge >= 0.3 is 0 Å². The molecule has 2 aromatic carbocycles. The molecule has 0 amide bonds. The largest absolute Gasteiger partial charge is 0.492 e. The molecule has 2 atom stereocenters. The van der Waals surface area contributed by atoms with Crippen LogP contribution < -0.4 is 15.2 Å². The molecule has 2 aliphatic rings. The third-order valence-electron chi connectivity index (χ3n) is 4.18. The van der Waals surface area contributed by atoms with E-state index in [2.05, 4.69) is 0 Å². The molecule has 0 aliphatic carbocycles. The standard InChI is InChI=1S/C9H8ClNO3.C9H10ClNO.CH4O/c10-7-2-1-6-3-8(11(12)13)5-14-9(6)4-7;10-7-2-1-6-3-8(11)5-12-9(6)4-7;1-2/h1-2,4,8H,3,5H2;1-2,4,8H,3,5,11H2;2H,1H3. The van der Waals surface area contributed by atoms with Gasteiger partial charge in [0.1, 0.15) is 18.1 Å². The predicted octanol–water partition coefficient (Wildman–Crippen LogP) is 3.13. The topological polar surface area (TPSA) is 108 Å². The maximum absolute atomic E-state index is 10.5. The molecule has 0 radical (unpaired) electrons. The number of aliphatic hydroxyl groups excluding tert-OH is 1. The Morgan fingerprint density at radius 1 is 1.00 bits per heavy atom. The number of ether oxygens (including phenoxy) is 2. The Morgan fingerprint density at radius 3 is 2.04 bits per heavy atom. The average molecular weight is 429 g/mol. The third kappa shape index (κ3) is 5.97. The van der Waals surface area contributed by atoms with Gasteiger partial charge in [-0.3, -0.25) is 10.1 Å². The summed E-state index contributed by atoms with van der Waals surface area (Å²) in [5.74, 6) is 1.54. The van der Waals surface area contributed by atoms with Gasteiger partial charge in [0, 0.05) is 40.1 Å². The van der Waals surface area contributed by atoms with Gasteiger partial charge in [0.15, 0.2) is 6.61 Å². The summed E-state index contributed by atoms with van der Waals surface area (Å²) in [4.78, 5) is 10.2. The molecule has 2 aliphatic heterocycles. The summed E-state index contributed by atoms with van der Waals surface area (Å²) in [5, 5.41) is 18.8. The van der Waals surface area contributed by atoms with Crippen molar-refractivity contribution >= 4 is 23.2 Å². The van der Waals surface area contributed by atoms with Gasteiger partial charge in [-0.05, 0) is 36.2 Å². The lowest BCUT2D eigenvalue weighted by atomic mass is 10.0. The van der Waals surface area contributed by atoms with Gasteiger partial charge in [0.25, 0.3) is 6.04 Å². The zero-order valence-corrected chi connectivity index (χ0v) is 16.8. The zero-order valence-electron chi connectivity index (χ0n) is 15.3. The first-order valence-electron chi connectivity index (χ1n) is 8.58. The fraction of sp³-hybridized carbons (Fsp3) is 0.368. The first-order valence-corrected chi connectivity index (χ1v) is 9.34. The van der Waals surface area contributed by atoms with Crippen molar-refractivity contribution in [1.82, 2.24) is 0 Å². The Hall–Kier alpha value is -2.06. The van der Waals surface area contributed by atoms with Gasteiger partial charge in [-0.2, -0.15) is 0 Å². The number of hydrogen-bond acceptors (Lipinski definition) is 6. The van der Waals surface area contributed by atoms with E-state index in [9.17, 15) is 10.1 Å². The smallest absolute Gasteiger partial charge is 0.250 e. The second kappa shape index (κ2) is 10.5. The second-order valence-corrected chi connectivity index (χ2v) is 7.11. The summed E-state index contributed by atoms with van der Waals surface area (Å²) >= 11 is 11.6. The van der Waals surface area contributed by atoms with E-state index in [1.165, 1.54) is 0 Å². The van der Waals surface area contributed by atoms with Gasteiger partial charge in [0.05, 0.1) is 0 Å². The fourth-order valence-electron chi connectivity index (χ4n) is 2.84. The minimum absolute atomic E-state index is 0.124. The number of nitrogens with two attached hydrogens (primary N) is 1. The van der Waals surface area contributed by atoms with Gasteiger partial charge in [0.2, 0.25) is 0 Å². The van der Waals surface area contributed by atoms with Crippen LogP contribution >= 0.6 is 23.2 Å². The lowest BCUT2D eigenvalue weighted by Crippen LogP contribution is -2.33. The van der Waals surface area contributed by atoms with Crippen molar-refractivity contribution in [2.45, 2.75) is 24.9 Å². The van der Waals surface area contributed by atoms with Crippen molar-refractivity contribution in [3.8, 4) is 11.5 Å². The maximum Gasteiger partial charge on any atom is 0.250 e. The van der Waals surface area contributed by atoms with E-state index < -0.39 is 6.04 Å². The first kappa shape index (κ1) is 22.2. The predicted molar refractivity (Wildman–Crippen MR) is 108 cm³/mol. The van der Waals surface area contributed by atoms with Crippen LogP contribution in [-0.2, 0) is 12.8 Å². The zero-order chi connectivity index (χ0) is 20.7. The average Bonchev–Trinajstić information content (AvgIpc) is 2.69. The molecule has 0 saturated carbocycles. The molecular weight excluding hydrogens is 407 g/mol. The Labute approximate surface area is 173 Å². The van der Waals surface area contributed by atoms with Crippen LogP contribution in [0.15, 0.2) is 36.4 Å². The molecule has 2 heterocycles. The summed E-state index contributed by atoms with van der Waals surface area (Å²) in [7, 11) is 1.00. The van der Waals surface area contributed by atoms with Gasteiger partial charge in [-0.1, -0.05) is 35.3 Å². The molecule has 28 heavy (non-hydrogen) atoms. The van der Waals surface area contributed by atoms with Crippen LogP contribution in [-0.4, -0.2) is 42.4 Å². The van der Waals surface area contributed by atoms with Crippen LogP contribution in [0, 0.1) is 10.1 Å². The van der Waals surface area contributed by atoms with Gasteiger partial charge in [-0.15, -0.1) is 0 Å². The molecule has 4 rings (SSSR count). The highest BCUT2D eigenvalue weighted by molar-refractivity contribution is 6.31. The molecule has 3 N–H and O–H groups in total. The molecule has 0 fully saturated rings.